The average molecular weight is 195 g/mol. The predicted octanol–water partition coefficient (Wildman–Crippen LogP) is 0.703. The van der Waals surface area contributed by atoms with Crippen LogP contribution in [0.2, 0.25) is 0 Å². The molecule has 4 nitrogen and oxygen atoms in total. The molecule has 0 aromatic carbocycles. The first-order valence-corrected chi connectivity index (χ1v) is 4.86. The summed E-state index contributed by atoms with van der Waals surface area (Å²) in [6.45, 7) is 6.33. The zero-order valence-electron chi connectivity index (χ0n) is 8.92. The van der Waals surface area contributed by atoms with E-state index in [0.29, 0.717) is 18.5 Å². The highest BCUT2D eigenvalue weighted by molar-refractivity contribution is 5.17. The molecule has 3 N–H and O–H groups in total. The van der Waals surface area contributed by atoms with E-state index in [1.807, 2.05) is 20.8 Å². The van der Waals surface area contributed by atoms with Crippen LogP contribution in [0, 0.1) is 6.92 Å². The minimum atomic E-state index is -0.0494. The van der Waals surface area contributed by atoms with Crippen LogP contribution in [0.4, 0.5) is 0 Å². The van der Waals surface area contributed by atoms with Crippen LogP contribution in [0.5, 0.6) is 0 Å². The summed E-state index contributed by atoms with van der Waals surface area (Å²) in [5.41, 5.74) is 6.87. The summed E-state index contributed by atoms with van der Waals surface area (Å²) in [7, 11) is 0. The normalized spacial score (nSPS) is 10.9. The van der Waals surface area contributed by atoms with E-state index in [1.165, 1.54) is 0 Å². The Labute approximate surface area is 83.6 Å². The summed E-state index contributed by atoms with van der Waals surface area (Å²) >= 11 is 0. The highest BCUT2D eigenvalue weighted by Gasteiger charge is 2.08. The molecule has 0 spiro atoms. The molecule has 0 bridgehead atoms. The summed E-state index contributed by atoms with van der Waals surface area (Å²) in [5, 5.41) is 0. The molecule has 0 unspecified atom stereocenters. The topological polar surface area (TPSA) is 71.8 Å². The van der Waals surface area contributed by atoms with E-state index < -0.39 is 0 Å². The lowest BCUT2D eigenvalue weighted by Gasteiger charge is -2.08. The summed E-state index contributed by atoms with van der Waals surface area (Å²) in [6.07, 6.45) is 0.590. The number of hydrogen-bond donors (Lipinski definition) is 2. The molecule has 1 aromatic rings. The van der Waals surface area contributed by atoms with E-state index in [2.05, 4.69) is 9.97 Å². The highest BCUT2D eigenvalue weighted by Crippen LogP contribution is 2.08. The Bertz CT molecular complexity index is 368. The van der Waals surface area contributed by atoms with Crippen LogP contribution in [-0.2, 0) is 6.42 Å². The van der Waals surface area contributed by atoms with Crippen molar-refractivity contribution in [1.29, 1.82) is 0 Å². The molecule has 1 heterocycles. The maximum atomic E-state index is 11.6. The minimum absolute atomic E-state index is 0.0494. The van der Waals surface area contributed by atoms with Crippen LogP contribution < -0.4 is 11.3 Å². The van der Waals surface area contributed by atoms with Crippen molar-refractivity contribution < 1.29 is 0 Å². The average Bonchev–Trinajstić information content (AvgIpc) is 2.10. The van der Waals surface area contributed by atoms with Crippen LogP contribution in [0.15, 0.2) is 4.79 Å². The molecular weight excluding hydrogens is 178 g/mol. The van der Waals surface area contributed by atoms with Gasteiger partial charge in [0.1, 0.15) is 5.82 Å². The quantitative estimate of drug-likeness (QED) is 0.745. The van der Waals surface area contributed by atoms with Crippen molar-refractivity contribution in [3.8, 4) is 0 Å². The fourth-order valence-corrected chi connectivity index (χ4v) is 1.34. The largest absolute Gasteiger partial charge is 0.330 e. The Morgan fingerprint density at radius 3 is 2.57 bits per heavy atom. The lowest BCUT2D eigenvalue weighted by Crippen LogP contribution is -2.22. The number of aromatic nitrogens is 2. The van der Waals surface area contributed by atoms with Crippen molar-refractivity contribution in [2.45, 2.75) is 33.1 Å². The predicted molar refractivity (Wildman–Crippen MR) is 56.4 cm³/mol. The lowest BCUT2D eigenvalue weighted by atomic mass is 10.1. The molecule has 0 aliphatic carbocycles. The number of rotatable bonds is 3. The van der Waals surface area contributed by atoms with Crippen molar-refractivity contribution in [3.63, 3.8) is 0 Å². The van der Waals surface area contributed by atoms with E-state index in [1.54, 1.807) is 0 Å². The molecular formula is C10H17N3O. The third kappa shape index (κ3) is 2.20. The molecule has 0 fully saturated rings. The van der Waals surface area contributed by atoms with Crippen molar-refractivity contribution in [2.24, 2.45) is 5.73 Å². The molecule has 78 valence electrons. The molecule has 0 amide bonds. The smallest absolute Gasteiger partial charge is 0.254 e. The van der Waals surface area contributed by atoms with Gasteiger partial charge < -0.3 is 10.7 Å². The Morgan fingerprint density at radius 2 is 2.14 bits per heavy atom. The molecule has 1 aromatic heterocycles. The van der Waals surface area contributed by atoms with Gasteiger partial charge in [-0.15, -0.1) is 0 Å². The number of H-pyrrole nitrogens is 1. The summed E-state index contributed by atoms with van der Waals surface area (Å²) in [6, 6.07) is 0. The second kappa shape index (κ2) is 4.37. The fraction of sp³-hybridized carbons (Fsp3) is 0.600. The molecule has 4 heteroatoms. The van der Waals surface area contributed by atoms with Gasteiger partial charge in [-0.3, -0.25) is 4.79 Å². The third-order valence-electron chi connectivity index (χ3n) is 2.18. The van der Waals surface area contributed by atoms with Gasteiger partial charge in [0, 0.05) is 17.2 Å². The maximum absolute atomic E-state index is 11.6. The number of aryl methyl sites for hydroxylation is 1. The number of nitrogens with two attached hydrogens (primary N) is 1. The first kappa shape index (κ1) is 10.9. The van der Waals surface area contributed by atoms with Crippen molar-refractivity contribution in [1.82, 2.24) is 9.97 Å². The SMILES string of the molecule is Cc1nc(C(C)C)[nH]c(=O)c1CCN. The van der Waals surface area contributed by atoms with E-state index in [0.717, 1.165) is 11.5 Å². The zero-order chi connectivity index (χ0) is 10.7. The molecule has 14 heavy (non-hydrogen) atoms. The first-order valence-electron chi connectivity index (χ1n) is 4.86. The number of nitrogens with one attached hydrogen (secondary N) is 1. The van der Waals surface area contributed by atoms with Gasteiger partial charge in [-0.05, 0) is 19.9 Å². The summed E-state index contributed by atoms with van der Waals surface area (Å²) < 4.78 is 0. The Hall–Kier alpha value is -1.16. The van der Waals surface area contributed by atoms with Gasteiger partial charge >= 0.3 is 0 Å². The third-order valence-corrected chi connectivity index (χ3v) is 2.18. The first-order chi connectivity index (χ1) is 6.56. The van der Waals surface area contributed by atoms with E-state index in [9.17, 15) is 4.79 Å². The van der Waals surface area contributed by atoms with Gasteiger partial charge in [-0.25, -0.2) is 4.98 Å². The zero-order valence-corrected chi connectivity index (χ0v) is 8.92. The molecule has 0 saturated carbocycles. The van der Waals surface area contributed by atoms with Gasteiger partial charge in [0.2, 0.25) is 0 Å². The monoisotopic (exact) mass is 195 g/mol. The summed E-state index contributed by atoms with van der Waals surface area (Å²) in [5.74, 6) is 0.988. The van der Waals surface area contributed by atoms with Crippen LogP contribution in [0.25, 0.3) is 0 Å². The van der Waals surface area contributed by atoms with Crippen LogP contribution in [0.3, 0.4) is 0 Å². The number of hydrogen-bond acceptors (Lipinski definition) is 3. The van der Waals surface area contributed by atoms with Gasteiger partial charge in [0.25, 0.3) is 5.56 Å². The van der Waals surface area contributed by atoms with Gasteiger partial charge in [-0.1, -0.05) is 13.8 Å². The molecule has 0 aliphatic rings. The van der Waals surface area contributed by atoms with Crippen molar-refractivity contribution in [3.05, 3.63) is 27.4 Å². The highest BCUT2D eigenvalue weighted by atomic mass is 16.1. The molecule has 0 atom stereocenters. The van der Waals surface area contributed by atoms with Gasteiger partial charge in [-0.2, -0.15) is 0 Å². The van der Waals surface area contributed by atoms with E-state index in [-0.39, 0.29) is 11.5 Å². The van der Waals surface area contributed by atoms with E-state index >= 15 is 0 Å². The molecule has 0 aliphatic heterocycles. The van der Waals surface area contributed by atoms with E-state index in [4.69, 9.17) is 5.73 Å². The number of nitrogens with zero attached hydrogens (tertiary/aromatic N) is 1. The molecule has 0 radical (unpaired) electrons. The Kier molecular flexibility index (Phi) is 3.41. The van der Waals surface area contributed by atoms with Crippen LogP contribution in [-0.4, -0.2) is 16.5 Å². The fourth-order valence-electron chi connectivity index (χ4n) is 1.34. The van der Waals surface area contributed by atoms with Crippen LogP contribution >= 0.6 is 0 Å². The summed E-state index contributed by atoms with van der Waals surface area (Å²) in [4.78, 5) is 18.7. The van der Waals surface area contributed by atoms with Crippen LogP contribution in [0.1, 0.15) is 36.8 Å². The Morgan fingerprint density at radius 1 is 1.50 bits per heavy atom. The standard InChI is InChI=1S/C10H17N3O/c1-6(2)9-12-7(3)8(4-5-11)10(14)13-9/h6H,4-5,11H2,1-3H3,(H,12,13,14). The van der Waals surface area contributed by atoms with Gasteiger partial charge in [0.05, 0.1) is 0 Å². The number of aromatic amines is 1. The minimum Gasteiger partial charge on any atom is -0.330 e. The second-order valence-electron chi connectivity index (χ2n) is 3.71. The second-order valence-corrected chi connectivity index (χ2v) is 3.71. The van der Waals surface area contributed by atoms with Crippen molar-refractivity contribution >= 4 is 0 Å². The molecule has 0 saturated heterocycles. The van der Waals surface area contributed by atoms with Gasteiger partial charge in [0.15, 0.2) is 0 Å². The lowest BCUT2D eigenvalue weighted by molar-refractivity contribution is 0.744. The Balaban J connectivity index is 3.18. The molecule has 1 rings (SSSR count). The van der Waals surface area contributed by atoms with Crippen molar-refractivity contribution in [2.75, 3.05) is 6.54 Å². The maximum Gasteiger partial charge on any atom is 0.254 e.